The van der Waals surface area contributed by atoms with Crippen molar-refractivity contribution in [2.24, 2.45) is 0 Å². The number of aromatic nitrogens is 2. The van der Waals surface area contributed by atoms with Crippen LogP contribution in [-0.2, 0) is 18.3 Å². The molecule has 0 bridgehead atoms. The summed E-state index contributed by atoms with van der Waals surface area (Å²) >= 11 is 1.78. The van der Waals surface area contributed by atoms with Crippen molar-refractivity contribution in [3.63, 3.8) is 0 Å². The molecular formula is C31H36N2OS. The predicted octanol–water partition coefficient (Wildman–Crippen LogP) is 7.51. The highest BCUT2D eigenvalue weighted by Crippen LogP contribution is 2.49. The van der Waals surface area contributed by atoms with E-state index in [1.807, 2.05) is 0 Å². The maximum Gasteiger partial charge on any atom is 0.258 e. The molecular weight excluding hydrogens is 448 g/mol. The van der Waals surface area contributed by atoms with Gasteiger partial charge in [0.05, 0.1) is 11.3 Å². The fourth-order valence-corrected chi connectivity index (χ4v) is 7.92. The fraction of sp³-hybridized carbons (Fsp3) is 0.484. The lowest BCUT2D eigenvalue weighted by Gasteiger charge is -2.42. The first kappa shape index (κ1) is 23.1. The Morgan fingerprint density at radius 2 is 1.60 bits per heavy atom. The van der Waals surface area contributed by atoms with E-state index in [1.165, 1.54) is 55.2 Å². The zero-order chi connectivity index (χ0) is 23.7. The van der Waals surface area contributed by atoms with Gasteiger partial charge in [-0.2, -0.15) is 0 Å². The van der Waals surface area contributed by atoms with Crippen LogP contribution in [0.4, 0.5) is 0 Å². The molecule has 35 heavy (non-hydrogen) atoms. The van der Waals surface area contributed by atoms with Gasteiger partial charge in [0.1, 0.15) is 0 Å². The van der Waals surface area contributed by atoms with E-state index >= 15 is 0 Å². The molecule has 2 fully saturated rings. The lowest BCUT2D eigenvalue weighted by Crippen LogP contribution is -2.44. The second kappa shape index (κ2) is 9.97. The molecule has 0 N–H and O–H groups in total. The first-order valence-corrected chi connectivity index (χ1v) is 14.7. The molecule has 3 aromatic rings. The van der Waals surface area contributed by atoms with Crippen molar-refractivity contribution in [1.82, 2.24) is 9.55 Å². The molecule has 0 atom stereocenters. The molecule has 1 spiro atoms. The van der Waals surface area contributed by atoms with Crippen LogP contribution >= 0.6 is 11.8 Å². The molecule has 0 radical (unpaired) electrons. The van der Waals surface area contributed by atoms with Crippen LogP contribution in [0, 0.1) is 0 Å². The predicted molar refractivity (Wildman–Crippen MR) is 145 cm³/mol. The summed E-state index contributed by atoms with van der Waals surface area (Å²) in [5.74, 6) is 0.939. The van der Waals surface area contributed by atoms with E-state index in [9.17, 15) is 4.79 Å². The van der Waals surface area contributed by atoms with Crippen LogP contribution in [-0.4, -0.2) is 15.3 Å². The van der Waals surface area contributed by atoms with Crippen molar-refractivity contribution in [2.75, 3.05) is 5.75 Å². The molecule has 3 aliphatic carbocycles. The molecule has 0 unspecified atom stereocenters. The Labute approximate surface area is 213 Å². The van der Waals surface area contributed by atoms with Crippen LogP contribution in [0.1, 0.15) is 86.9 Å². The number of aryl methyl sites for hydroxylation is 1. The third-order valence-corrected chi connectivity index (χ3v) is 9.58. The van der Waals surface area contributed by atoms with Gasteiger partial charge in [-0.15, -0.1) is 0 Å². The molecule has 3 aliphatic rings. The second-order valence-corrected chi connectivity index (χ2v) is 11.9. The average molecular weight is 485 g/mol. The summed E-state index contributed by atoms with van der Waals surface area (Å²) in [5, 5.41) is 0.944. The summed E-state index contributed by atoms with van der Waals surface area (Å²) < 4.78 is 2.16. The molecule has 6 rings (SSSR count). The van der Waals surface area contributed by atoms with Crippen LogP contribution in [0.15, 0.2) is 64.5 Å². The molecule has 4 heteroatoms. The van der Waals surface area contributed by atoms with Crippen LogP contribution in [0.3, 0.4) is 0 Å². The van der Waals surface area contributed by atoms with E-state index in [1.54, 1.807) is 11.8 Å². The summed E-state index contributed by atoms with van der Waals surface area (Å²) in [5.41, 5.74) is 6.20. The lowest BCUT2D eigenvalue weighted by molar-refractivity contribution is 0.273. The van der Waals surface area contributed by atoms with Crippen LogP contribution in [0.2, 0.25) is 0 Å². The minimum atomic E-state index is -0.0321. The van der Waals surface area contributed by atoms with Gasteiger partial charge in [-0.1, -0.05) is 105 Å². The molecule has 0 amide bonds. The SMILES string of the molecule is O=c1c2c(nc(SCCc3ccccc3)n1C1CCCCC1)-c1ccccc1CC21CCCCC1. The number of hydrogen-bond donors (Lipinski definition) is 0. The summed E-state index contributed by atoms with van der Waals surface area (Å²) in [6.45, 7) is 0. The van der Waals surface area contributed by atoms with Crippen LogP contribution < -0.4 is 5.56 Å². The van der Waals surface area contributed by atoms with Gasteiger partial charge in [0.15, 0.2) is 5.16 Å². The first-order valence-electron chi connectivity index (χ1n) is 13.7. The van der Waals surface area contributed by atoms with Crippen LogP contribution in [0.5, 0.6) is 0 Å². The van der Waals surface area contributed by atoms with Crippen molar-refractivity contribution >= 4 is 11.8 Å². The molecule has 2 saturated carbocycles. The third kappa shape index (κ3) is 4.39. The van der Waals surface area contributed by atoms with Crippen molar-refractivity contribution in [3.05, 3.63) is 81.6 Å². The molecule has 3 nitrogen and oxygen atoms in total. The molecule has 0 aliphatic heterocycles. The highest BCUT2D eigenvalue weighted by atomic mass is 32.2. The third-order valence-electron chi connectivity index (χ3n) is 8.63. The number of hydrogen-bond acceptors (Lipinski definition) is 3. The fourth-order valence-electron chi connectivity index (χ4n) is 6.87. The Morgan fingerprint density at radius 3 is 2.40 bits per heavy atom. The lowest BCUT2D eigenvalue weighted by atomic mass is 9.62. The topological polar surface area (TPSA) is 34.9 Å². The zero-order valence-electron chi connectivity index (χ0n) is 20.7. The number of nitrogens with zero attached hydrogens (tertiary/aromatic N) is 2. The zero-order valence-corrected chi connectivity index (χ0v) is 21.5. The first-order chi connectivity index (χ1) is 17.3. The number of fused-ring (bicyclic) bond motifs is 4. The minimum Gasteiger partial charge on any atom is -0.284 e. The molecule has 182 valence electrons. The Kier molecular flexibility index (Phi) is 6.58. The van der Waals surface area contributed by atoms with Gasteiger partial charge in [0.25, 0.3) is 5.56 Å². The molecule has 1 heterocycles. The van der Waals surface area contributed by atoms with Crippen molar-refractivity contribution < 1.29 is 0 Å². The van der Waals surface area contributed by atoms with E-state index in [4.69, 9.17) is 4.98 Å². The van der Waals surface area contributed by atoms with E-state index in [0.717, 1.165) is 60.7 Å². The van der Waals surface area contributed by atoms with Crippen LogP contribution in [0.25, 0.3) is 11.3 Å². The van der Waals surface area contributed by atoms with Gasteiger partial charge in [-0.05, 0) is 49.7 Å². The smallest absolute Gasteiger partial charge is 0.258 e. The van der Waals surface area contributed by atoms with Gasteiger partial charge >= 0.3 is 0 Å². The van der Waals surface area contributed by atoms with Gasteiger partial charge < -0.3 is 0 Å². The molecule has 1 aromatic heterocycles. The van der Waals surface area contributed by atoms with Gasteiger partial charge in [0, 0.05) is 22.8 Å². The van der Waals surface area contributed by atoms with Crippen molar-refractivity contribution in [1.29, 1.82) is 0 Å². The quantitative estimate of drug-likeness (QED) is 0.278. The summed E-state index contributed by atoms with van der Waals surface area (Å²) in [4.78, 5) is 20.0. The minimum absolute atomic E-state index is 0.0321. The highest BCUT2D eigenvalue weighted by molar-refractivity contribution is 7.99. The van der Waals surface area contributed by atoms with Crippen molar-refractivity contribution in [2.45, 2.75) is 93.7 Å². The normalized spacial score (nSPS) is 19.3. The van der Waals surface area contributed by atoms with E-state index in [2.05, 4.69) is 59.2 Å². The Morgan fingerprint density at radius 1 is 0.886 bits per heavy atom. The Bertz CT molecular complexity index is 1240. The van der Waals surface area contributed by atoms with Gasteiger partial charge in [-0.3, -0.25) is 9.36 Å². The number of rotatable bonds is 5. The molecule has 0 saturated heterocycles. The Hall–Kier alpha value is -2.33. The largest absolute Gasteiger partial charge is 0.284 e. The van der Waals surface area contributed by atoms with Gasteiger partial charge in [-0.25, -0.2) is 4.98 Å². The summed E-state index contributed by atoms with van der Waals surface area (Å²) in [7, 11) is 0. The second-order valence-electron chi connectivity index (χ2n) is 10.8. The highest BCUT2D eigenvalue weighted by Gasteiger charge is 2.44. The number of thioether (sulfide) groups is 1. The standard InChI is InChI=1S/C31H36N2OS/c34-29-27-28(26-17-9-8-14-24(26)22-31(27)19-10-3-11-20-31)32-30(33(29)25-15-6-2-7-16-25)35-21-18-23-12-4-1-5-13-23/h1,4-5,8-9,12-14,17,25H,2-3,6-7,10-11,15-16,18-22H2. The van der Waals surface area contributed by atoms with E-state index < -0.39 is 0 Å². The molecule has 2 aromatic carbocycles. The maximum absolute atomic E-state index is 14.6. The van der Waals surface area contributed by atoms with Gasteiger partial charge in [0.2, 0.25) is 0 Å². The monoisotopic (exact) mass is 484 g/mol. The summed E-state index contributed by atoms with van der Waals surface area (Å²) in [6, 6.07) is 19.7. The summed E-state index contributed by atoms with van der Waals surface area (Å²) in [6.07, 6.45) is 13.9. The maximum atomic E-state index is 14.6. The average Bonchev–Trinajstić information content (AvgIpc) is 2.90. The van der Waals surface area contributed by atoms with E-state index in [-0.39, 0.29) is 11.0 Å². The van der Waals surface area contributed by atoms with E-state index in [0.29, 0.717) is 6.04 Å². The Balaban J connectivity index is 1.47. The van der Waals surface area contributed by atoms with Crippen molar-refractivity contribution in [3.8, 4) is 11.3 Å². The number of benzene rings is 2.